The summed E-state index contributed by atoms with van der Waals surface area (Å²) in [6.45, 7) is 10.2. The minimum absolute atomic E-state index is 0.0837. The summed E-state index contributed by atoms with van der Waals surface area (Å²) in [7, 11) is 0. The summed E-state index contributed by atoms with van der Waals surface area (Å²) in [5, 5.41) is 11.7. The molecule has 1 N–H and O–H groups in total. The molecule has 0 aliphatic rings. The van der Waals surface area contributed by atoms with Gasteiger partial charge in [-0.15, -0.1) is 16.8 Å². The molecule has 1 unspecified atom stereocenters. The Morgan fingerprint density at radius 2 is 2.19 bits per heavy atom. The van der Waals surface area contributed by atoms with Gasteiger partial charge in [-0.3, -0.25) is 9.36 Å². The van der Waals surface area contributed by atoms with Crippen LogP contribution in [0.4, 0.5) is 5.69 Å². The highest BCUT2D eigenvalue weighted by atomic mass is 32.2. The number of allylic oxidation sites excluding steroid dienone is 1. The first-order valence-electron chi connectivity index (χ1n) is 8.62. The molecule has 3 aromatic rings. The van der Waals surface area contributed by atoms with Crippen LogP contribution >= 0.6 is 11.8 Å². The number of carbonyl (C=O) groups excluding carboxylic acids is 1. The first kappa shape index (κ1) is 19.0. The van der Waals surface area contributed by atoms with E-state index in [1.165, 1.54) is 11.8 Å². The summed E-state index contributed by atoms with van der Waals surface area (Å²) in [5.41, 5.74) is 3.02. The van der Waals surface area contributed by atoms with Gasteiger partial charge < -0.3 is 9.73 Å². The molecular formula is C20H22N4O2S. The van der Waals surface area contributed by atoms with Crippen molar-refractivity contribution in [2.75, 3.05) is 5.32 Å². The van der Waals surface area contributed by atoms with Crippen molar-refractivity contribution in [3.63, 3.8) is 0 Å². The third-order valence-corrected chi connectivity index (χ3v) is 5.14. The van der Waals surface area contributed by atoms with E-state index >= 15 is 0 Å². The quantitative estimate of drug-likeness (QED) is 0.482. The molecule has 6 nitrogen and oxygen atoms in total. The molecule has 0 spiro atoms. The van der Waals surface area contributed by atoms with E-state index in [9.17, 15) is 4.79 Å². The second-order valence-corrected chi connectivity index (χ2v) is 7.56. The molecule has 7 heteroatoms. The van der Waals surface area contributed by atoms with Crippen LogP contribution in [-0.2, 0) is 11.3 Å². The van der Waals surface area contributed by atoms with E-state index in [-0.39, 0.29) is 11.2 Å². The van der Waals surface area contributed by atoms with Crippen molar-refractivity contribution in [3.8, 4) is 11.6 Å². The second kappa shape index (κ2) is 8.26. The van der Waals surface area contributed by atoms with Gasteiger partial charge in [-0.1, -0.05) is 35.5 Å². The lowest BCUT2D eigenvalue weighted by Crippen LogP contribution is -2.23. The molecule has 0 bridgehead atoms. The maximum absolute atomic E-state index is 12.6. The molecule has 2 aromatic heterocycles. The fraction of sp³-hybridized carbons (Fsp3) is 0.250. The zero-order valence-corrected chi connectivity index (χ0v) is 16.4. The Bertz CT molecular complexity index is 947. The van der Waals surface area contributed by atoms with Crippen molar-refractivity contribution in [2.45, 2.75) is 37.7 Å². The number of furan rings is 1. The van der Waals surface area contributed by atoms with Gasteiger partial charge in [0.2, 0.25) is 11.7 Å². The molecule has 0 fully saturated rings. The van der Waals surface area contributed by atoms with Gasteiger partial charge >= 0.3 is 0 Å². The molecule has 140 valence electrons. The van der Waals surface area contributed by atoms with Crippen LogP contribution < -0.4 is 5.32 Å². The van der Waals surface area contributed by atoms with E-state index in [0.717, 1.165) is 16.8 Å². The minimum Gasteiger partial charge on any atom is -0.461 e. The average Bonchev–Trinajstić information content (AvgIpc) is 3.28. The van der Waals surface area contributed by atoms with Gasteiger partial charge in [0.25, 0.3) is 0 Å². The summed E-state index contributed by atoms with van der Waals surface area (Å²) < 4.78 is 7.31. The summed E-state index contributed by atoms with van der Waals surface area (Å²) in [5.74, 6) is 1.16. The molecule has 1 aromatic carbocycles. The molecule has 0 saturated carbocycles. The zero-order chi connectivity index (χ0) is 19.4. The summed E-state index contributed by atoms with van der Waals surface area (Å²) in [6, 6.07) is 9.58. The fourth-order valence-corrected chi connectivity index (χ4v) is 3.52. The number of benzene rings is 1. The largest absolute Gasteiger partial charge is 0.461 e. The summed E-state index contributed by atoms with van der Waals surface area (Å²) >= 11 is 1.35. The van der Waals surface area contributed by atoms with Gasteiger partial charge in [0.15, 0.2) is 10.9 Å². The Morgan fingerprint density at radius 1 is 1.37 bits per heavy atom. The topological polar surface area (TPSA) is 73.0 Å². The molecule has 1 atom stereocenters. The molecule has 3 rings (SSSR count). The number of hydrogen-bond donors (Lipinski definition) is 1. The predicted molar refractivity (Wildman–Crippen MR) is 108 cm³/mol. The van der Waals surface area contributed by atoms with Gasteiger partial charge in [0.1, 0.15) is 0 Å². The highest BCUT2D eigenvalue weighted by Gasteiger charge is 2.21. The Balaban J connectivity index is 1.76. The number of nitrogens with one attached hydrogen (secondary N) is 1. The third kappa shape index (κ3) is 4.31. The SMILES string of the molecule is C=CCn1c(SC(C)C(=O)Nc2ccc(C)cc2C)nnc1-c1ccco1. The number of nitrogens with zero attached hydrogens (tertiary/aromatic N) is 3. The molecule has 27 heavy (non-hydrogen) atoms. The highest BCUT2D eigenvalue weighted by molar-refractivity contribution is 8.00. The van der Waals surface area contributed by atoms with Crippen molar-refractivity contribution < 1.29 is 9.21 Å². The molecule has 0 radical (unpaired) electrons. The van der Waals surface area contributed by atoms with E-state index in [1.54, 1.807) is 18.4 Å². The summed E-state index contributed by atoms with van der Waals surface area (Å²) in [6.07, 6.45) is 3.36. The Morgan fingerprint density at radius 3 is 2.85 bits per heavy atom. The van der Waals surface area contributed by atoms with Gasteiger partial charge in [0.05, 0.1) is 11.5 Å². The van der Waals surface area contributed by atoms with E-state index in [1.807, 2.05) is 49.6 Å². The number of carbonyl (C=O) groups is 1. The van der Waals surface area contributed by atoms with E-state index in [2.05, 4.69) is 22.1 Å². The van der Waals surface area contributed by atoms with Crippen LogP contribution in [0.3, 0.4) is 0 Å². The molecule has 2 heterocycles. The number of thioether (sulfide) groups is 1. The van der Waals surface area contributed by atoms with E-state index in [4.69, 9.17) is 4.42 Å². The smallest absolute Gasteiger partial charge is 0.237 e. The summed E-state index contributed by atoms with van der Waals surface area (Å²) in [4.78, 5) is 12.6. The molecule has 1 amide bonds. The number of amides is 1. The first-order chi connectivity index (χ1) is 13.0. The van der Waals surface area contributed by atoms with Gasteiger partial charge in [-0.25, -0.2) is 0 Å². The molecule has 0 aliphatic heterocycles. The van der Waals surface area contributed by atoms with E-state index < -0.39 is 0 Å². The molecule has 0 aliphatic carbocycles. The van der Waals surface area contributed by atoms with Crippen LogP contribution in [0, 0.1) is 13.8 Å². The lowest BCUT2D eigenvalue weighted by atomic mass is 10.1. The number of aryl methyl sites for hydroxylation is 2. The maximum atomic E-state index is 12.6. The second-order valence-electron chi connectivity index (χ2n) is 6.25. The Kier molecular flexibility index (Phi) is 5.81. The van der Waals surface area contributed by atoms with Crippen LogP contribution in [0.25, 0.3) is 11.6 Å². The number of anilines is 1. The van der Waals surface area contributed by atoms with Gasteiger partial charge in [-0.05, 0) is 44.5 Å². The van der Waals surface area contributed by atoms with Crippen LogP contribution in [-0.4, -0.2) is 25.9 Å². The zero-order valence-electron chi connectivity index (χ0n) is 15.6. The van der Waals surface area contributed by atoms with Crippen molar-refractivity contribution in [2.24, 2.45) is 0 Å². The number of aromatic nitrogens is 3. The standard InChI is InChI=1S/C20H22N4O2S/c1-5-10-24-18(17-7-6-11-26-17)22-23-20(24)27-15(4)19(25)21-16-9-8-13(2)12-14(16)3/h5-9,11-12,15H,1,10H2,2-4H3,(H,21,25). The minimum atomic E-state index is -0.345. The monoisotopic (exact) mass is 382 g/mol. The maximum Gasteiger partial charge on any atom is 0.237 e. The average molecular weight is 382 g/mol. The predicted octanol–water partition coefficient (Wildman–Crippen LogP) is 4.46. The van der Waals surface area contributed by atoms with Crippen molar-refractivity contribution in [1.29, 1.82) is 0 Å². The lowest BCUT2D eigenvalue weighted by molar-refractivity contribution is -0.115. The Labute approximate surface area is 162 Å². The van der Waals surface area contributed by atoms with Crippen molar-refractivity contribution in [3.05, 3.63) is 60.4 Å². The first-order valence-corrected chi connectivity index (χ1v) is 9.50. The molecule has 0 saturated heterocycles. The lowest BCUT2D eigenvalue weighted by Gasteiger charge is -2.14. The normalized spacial score (nSPS) is 12.0. The van der Waals surface area contributed by atoms with Crippen molar-refractivity contribution >= 4 is 23.4 Å². The molecular weight excluding hydrogens is 360 g/mol. The Hall–Kier alpha value is -2.80. The van der Waals surface area contributed by atoms with Crippen LogP contribution in [0.15, 0.2) is 58.8 Å². The van der Waals surface area contributed by atoms with Gasteiger partial charge in [-0.2, -0.15) is 0 Å². The van der Waals surface area contributed by atoms with Crippen LogP contribution in [0.2, 0.25) is 0 Å². The number of rotatable bonds is 7. The van der Waals surface area contributed by atoms with Gasteiger partial charge in [0, 0.05) is 12.2 Å². The fourth-order valence-electron chi connectivity index (χ4n) is 2.66. The van der Waals surface area contributed by atoms with Crippen LogP contribution in [0.1, 0.15) is 18.1 Å². The van der Waals surface area contributed by atoms with Crippen LogP contribution in [0.5, 0.6) is 0 Å². The third-order valence-electron chi connectivity index (χ3n) is 4.06. The highest BCUT2D eigenvalue weighted by Crippen LogP contribution is 2.28. The van der Waals surface area contributed by atoms with E-state index in [0.29, 0.717) is 23.3 Å². The van der Waals surface area contributed by atoms with Crippen molar-refractivity contribution in [1.82, 2.24) is 14.8 Å². The number of hydrogen-bond acceptors (Lipinski definition) is 5.